The predicted molar refractivity (Wildman–Crippen MR) is 90.3 cm³/mol. The van der Waals surface area contributed by atoms with Crippen molar-refractivity contribution in [2.45, 2.75) is 25.7 Å². The fraction of sp³-hybridized carbons (Fsp3) is 0.353. The molecule has 0 aliphatic heterocycles. The van der Waals surface area contributed by atoms with Crippen LogP contribution in [0.5, 0.6) is 0 Å². The van der Waals surface area contributed by atoms with Crippen LogP contribution in [0, 0.1) is 12.7 Å². The van der Waals surface area contributed by atoms with Gasteiger partial charge in [0, 0.05) is 25.7 Å². The van der Waals surface area contributed by atoms with E-state index in [9.17, 15) is 14.0 Å². The molecule has 132 valence electrons. The number of rotatable bonds is 4. The summed E-state index contributed by atoms with van der Waals surface area (Å²) in [4.78, 5) is 25.5. The van der Waals surface area contributed by atoms with Gasteiger partial charge in [-0.15, -0.1) is 0 Å². The van der Waals surface area contributed by atoms with Crippen molar-refractivity contribution >= 4 is 23.3 Å². The predicted octanol–water partition coefficient (Wildman–Crippen LogP) is 3.35. The quantitative estimate of drug-likeness (QED) is 0.889. The molecule has 0 radical (unpaired) electrons. The Morgan fingerprint density at radius 1 is 1.28 bits per heavy atom. The van der Waals surface area contributed by atoms with E-state index in [1.165, 1.54) is 31.1 Å². The van der Waals surface area contributed by atoms with Gasteiger partial charge in [0.15, 0.2) is 5.76 Å². The molecule has 0 atom stereocenters. The number of hydrogen-bond acceptors (Lipinski definition) is 4. The summed E-state index contributed by atoms with van der Waals surface area (Å²) in [6.45, 7) is 1.75. The lowest BCUT2D eigenvalue weighted by atomic mass is 10.1. The molecule has 2 N–H and O–H groups in total. The maximum Gasteiger partial charge on any atom is 0.323 e. The smallest absolute Gasteiger partial charge is 0.323 e. The standard InChI is InChI=1S/C17H19FN4O3/c1-9-14(15(25-21-9)10-4-5-10)20-17(24)19-11-6-7-13(18)12(8-11)16(23)22(2)3/h6-8,10H,4-5H2,1-3H3,(H2,19,20,24). The first-order valence-corrected chi connectivity index (χ1v) is 7.92. The SMILES string of the molecule is Cc1noc(C2CC2)c1NC(=O)Nc1ccc(F)c(C(=O)N(C)C)c1. The molecule has 1 fully saturated rings. The average molecular weight is 346 g/mol. The van der Waals surface area contributed by atoms with E-state index >= 15 is 0 Å². The van der Waals surface area contributed by atoms with Gasteiger partial charge in [-0.05, 0) is 38.0 Å². The largest absolute Gasteiger partial charge is 0.359 e. The van der Waals surface area contributed by atoms with Gasteiger partial charge in [-0.25, -0.2) is 9.18 Å². The van der Waals surface area contributed by atoms with Crippen molar-refractivity contribution in [2.24, 2.45) is 0 Å². The topological polar surface area (TPSA) is 87.5 Å². The molecule has 1 aromatic carbocycles. The van der Waals surface area contributed by atoms with Crippen LogP contribution in [0.15, 0.2) is 22.7 Å². The van der Waals surface area contributed by atoms with Crippen molar-refractivity contribution < 1.29 is 18.5 Å². The Balaban J connectivity index is 1.74. The van der Waals surface area contributed by atoms with Gasteiger partial charge in [-0.2, -0.15) is 0 Å². The van der Waals surface area contributed by atoms with E-state index in [4.69, 9.17) is 4.52 Å². The molecule has 1 aromatic heterocycles. The highest BCUT2D eigenvalue weighted by Crippen LogP contribution is 2.44. The molecule has 0 bridgehead atoms. The van der Waals surface area contributed by atoms with Crippen LogP contribution in [0.4, 0.5) is 20.6 Å². The zero-order valence-corrected chi connectivity index (χ0v) is 14.2. The third-order valence-electron chi connectivity index (χ3n) is 3.94. The summed E-state index contributed by atoms with van der Waals surface area (Å²) >= 11 is 0. The van der Waals surface area contributed by atoms with Gasteiger partial charge in [0.1, 0.15) is 17.2 Å². The molecular weight excluding hydrogens is 327 g/mol. The van der Waals surface area contributed by atoms with E-state index in [0.29, 0.717) is 28.7 Å². The van der Waals surface area contributed by atoms with Crippen LogP contribution in [0.25, 0.3) is 0 Å². The number of carbonyl (C=O) groups is 2. The summed E-state index contributed by atoms with van der Waals surface area (Å²) in [6, 6.07) is 3.33. The van der Waals surface area contributed by atoms with E-state index in [0.717, 1.165) is 18.9 Å². The zero-order chi connectivity index (χ0) is 18.1. The van der Waals surface area contributed by atoms with Crippen LogP contribution >= 0.6 is 0 Å². The van der Waals surface area contributed by atoms with Crippen molar-refractivity contribution in [1.29, 1.82) is 0 Å². The number of aromatic nitrogens is 1. The zero-order valence-electron chi connectivity index (χ0n) is 14.2. The minimum Gasteiger partial charge on any atom is -0.359 e. The molecule has 3 amide bonds. The Morgan fingerprint density at radius 3 is 2.64 bits per heavy atom. The highest BCUT2D eigenvalue weighted by atomic mass is 19.1. The van der Waals surface area contributed by atoms with Crippen LogP contribution in [0.3, 0.4) is 0 Å². The van der Waals surface area contributed by atoms with Crippen LogP contribution in [0.1, 0.15) is 40.6 Å². The number of carbonyl (C=O) groups excluding carboxylic acids is 2. The lowest BCUT2D eigenvalue weighted by Gasteiger charge is -2.13. The number of hydrogen-bond donors (Lipinski definition) is 2. The normalized spacial score (nSPS) is 13.4. The summed E-state index contributed by atoms with van der Waals surface area (Å²) in [5, 5.41) is 9.21. The van der Waals surface area contributed by atoms with E-state index < -0.39 is 17.8 Å². The second kappa shape index (κ2) is 6.54. The minimum absolute atomic E-state index is 0.109. The van der Waals surface area contributed by atoms with Crippen molar-refractivity contribution in [1.82, 2.24) is 10.1 Å². The second-order valence-electron chi connectivity index (χ2n) is 6.25. The van der Waals surface area contributed by atoms with Crippen molar-refractivity contribution in [3.05, 3.63) is 41.0 Å². The molecule has 1 heterocycles. The molecule has 1 aliphatic rings. The van der Waals surface area contributed by atoms with Gasteiger partial charge in [0.2, 0.25) is 0 Å². The number of urea groups is 1. The van der Waals surface area contributed by atoms with Crippen LogP contribution in [-0.4, -0.2) is 36.1 Å². The summed E-state index contributed by atoms with van der Waals surface area (Å²) < 4.78 is 19.1. The van der Waals surface area contributed by atoms with Crippen molar-refractivity contribution in [3.8, 4) is 0 Å². The van der Waals surface area contributed by atoms with E-state index in [1.807, 2.05) is 0 Å². The Labute approximate surface area is 144 Å². The molecule has 0 unspecified atom stereocenters. The summed E-state index contributed by atoms with van der Waals surface area (Å²) in [5.74, 6) is -0.148. The lowest BCUT2D eigenvalue weighted by Crippen LogP contribution is -2.24. The minimum atomic E-state index is -0.643. The third-order valence-corrected chi connectivity index (χ3v) is 3.94. The first kappa shape index (κ1) is 16.9. The molecule has 2 aromatic rings. The third kappa shape index (κ3) is 3.62. The number of halogens is 1. The van der Waals surface area contributed by atoms with Gasteiger partial charge >= 0.3 is 6.03 Å². The van der Waals surface area contributed by atoms with E-state index in [-0.39, 0.29) is 5.56 Å². The summed E-state index contributed by atoms with van der Waals surface area (Å²) in [7, 11) is 3.06. The number of aryl methyl sites for hydroxylation is 1. The number of amides is 3. The van der Waals surface area contributed by atoms with Crippen LogP contribution in [0.2, 0.25) is 0 Å². The van der Waals surface area contributed by atoms with Crippen molar-refractivity contribution in [3.63, 3.8) is 0 Å². The molecule has 25 heavy (non-hydrogen) atoms. The van der Waals surface area contributed by atoms with Gasteiger partial charge in [0.25, 0.3) is 5.91 Å². The summed E-state index contributed by atoms with van der Waals surface area (Å²) in [6.07, 6.45) is 2.03. The van der Waals surface area contributed by atoms with E-state index in [1.54, 1.807) is 6.92 Å². The first-order valence-electron chi connectivity index (χ1n) is 7.92. The molecule has 7 nitrogen and oxygen atoms in total. The maximum absolute atomic E-state index is 13.8. The average Bonchev–Trinajstić information content (AvgIpc) is 3.34. The molecule has 0 saturated heterocycles. The number of benzene rings is 1. The van der Waals surface area contributed by atoms with E-state index in [2.05, 4.69) is 15.8 Å². The van der Waals surface area contributed by atoms with Crippen LogP contribution < -0.4 is 10.6 Å². The Bertz CT molecular complexity index is 827. The van der Waals surface area contributed by atoms with Gasteiger partial charge in [-0.3, -0.25) is 4.79 Å². The molecular formula is C17H19FN4O3. The number of nitrogens with zero attached hydrogens (tertiary/aromatic N) is 2. The number of nitrogens with one attached hydrogen (secondary N) is 2. The maximum atomic E-state index is 13.8. The Kier molecular flexibility index (Phi) is 4.43. The molecule has 1 aliphatic carbocycles. The lowest BCUT2D eigenvalue weighted by molar-refractivity contribution is 0.0823. The molecule has 3 rings (SSSR count). The summed E-state index contributed by atoms with van der Waals surface area (Å²) in [5.41, 5.74) is 1.36. The van der Waals surface area contributed by atoms with Crippen molar-refractivity contribution in [2.75, 3.05) is 24.7 Å². The highest BCUT2D eigenvalue weighted by Gasteiger charge is 2.32. The first-order chi connectivity index (χ1) is 11.9. The molecule has 1 saturated carbocycles. The van der Waals surface area contributed by atoms with Gasteiger partial charge in [0.05, 0.1) is 5.56 Å². The Morgan fingerprint density at radius 2 is 2.00 bits per heavy atom. The molecule has 0 spiro atoms. The monoisotopic (exact) mass is 346 g/mol. The fourth-order valence-electron chi connectivity index (χ4n) is 2.45. The van der Waals surface area contributed by atoms with Crippen LogP contribution in [-0.2, 0) is 0 Å². The highest BCUT2D eigenvalue weighted by molar-refractivity contribution is 6.02. The number of anilines is 2. The Hall–Kier alpha value is -2.90. The molecule has 8 heteroatoms. The second-order valence-corrected chi connectivity index (χ2v) is 6.25. The van der Waals surface area contributed by atoms with Gasteiger partial charge in [-0.1, -0.05) is 5.16 Å². The fourth-order valence-corrected chi connectivity index (χ4v) is 2.45. The van der Waals surface area contributed by atoms with Gasteiger partial charge < -0.3 is 20.1 Å².